The molecule has 0 spiro atoms. The van der Waals surface area contributed by atoms with Gasteiger partial charge in [0.05, 0.1) is 4.83 Å². The fraction of sp³-hybridized carbons (Fsp3) is 0.250. The quantitative estimate of drug-likeness (QED) is 0.570. The summed E-state index contributed by atoms with van der Waals surface area (Å²) in [5, 5.41) is 0.749. The van der Waals surface area contributed by atoms with E-state index in [-0.39, 0.29) is 4.83 Å². The molecule has 0 fully saturated rings. The van der Waals surface area contributed by atoms with Gasteiger partial charge in [0.1, 0.15) is 13.2 Å². The number of fused-ring (bicyclic) bond motifs is 1. The molecule has 0 aliphatic carbocycles. The Morgan fingerprint density at radius 2 is 1.71 bits per heavy atom. The normalized spacial score (nSPS) is 14.9. The number of ether oxygens (including phenoxy) is 2. The third-order valence-corrected chi connectivity index (χ3v) is 5.36. The molecule has 1 aliphatic rings. The molecule has 21 heavy (non-hydrogen) atoms. The number of alkyl halides is 1. The number of aryl methyl sites for hydroxylation is 1. The van der Waals surface area contributed by atoms with Crippen molar-refractivity contribution in [2.75, 3.05) is 13.2 Å². The topological polar surface area (TPSA) is 18.5 Å². The van der Waals surface area contributed by atoms with Crippen LogP contribution in [0, 0.1) is 6.92 Å². The second-order valence-electron chi connectivity index (χ2n) is 4.90. The van der Waals surface area contributed by atoms with Crippen LogP contribution in [0.2, 0.25) is 5.02 Å². The first-order valence-corrected chi connectivity index (χ1v) is 8.64. The molecule has 0 amide bonds. The van der Waals surface area contributed by atoms with Gasteiger partial charge in [-0.05, 0) is 41.8 Å². The van der Waals surface area contributed by atoms with E-state index in [2.05, 4.69) is 37.9 Å². The van der Waals surface area contributed by atoms with E-state index in [1.807, 2.05) is 31.2 Å². The van der Waals surface area contributed by atoms with Crippen LogP contribution in [-0.2, 0) is 0 Å². The molecule has 0 radical (unpaired) electrons. The van der Waals surface area contributed by atoms with Crippen molar-refractivity contribution in [2.45, 2.75) is 11.8 Å². The zero-order chi connectivity index (χ0) is 15.0. The maximum atomic E-state index is 6.37. The SMILES string of the molecule is Cc1ccc(C(Br)c2cc3c(cc2Br)OCCO3)c(Cl)c1. The lowest BCUT2D eigenvalue weighted by atomic mass is 10.0. The average Bonchev–Trinajstić information content (AvgIpc) is 2.46. The van der Waals surface area contributed by atoms with E-state index in [0.29, 0.717) is 13.2 Å². The van der Waals surface area contributed by atoms with Crippen molar-refractivity contribution in [3.05, 3.63) is 56.5 Å². The van der Waals surface area contributed by atoms with Crippen molar-refractivity contribution in [1.82, 2.24) is 0 Å². The predicted octanol–water partition coefficient (Wildman–Crippen LogP) is 5.67. The standard InChI is InChI=1S/C16H13Br2ClO2/c1-9-2-3-10(13(19)6-9)16(18)11-7-14-15(8-12(11)17)21-5-4-20-14/h2-3,6-8,16H,4-5H2,1H3. The molecule has 1 aliphatic heterocycles. The molecule has 0 bridgehead atoms. The van der Waals surface area contributed by atoms with Gasteiger partial charge in [-0.1, -0.05) is 55.6 Å². The first kappa shape index (κ1) is 15.2. The lowest BCUT2D eigenvalue weighted by molar-refractivity contribution is 0.171. The summed E-state index contributed by atoms with van der Waals surface area (Å²) in [5.74, 6) is 1.54. The van der Waals surface area contributed by atoms with Crippen LogP contribution in [0.5, 0.6) is 11.5 Å². The molecule has 1 heterocycles. The summed E-state index contributed by atoms with van der Waals surface area (Å²) in [6, 6.07) is 10.0. The monoisotopic (exact) mass is 430 g/mol. The summed E-state index contributed by atoms with van der Waals surface area (Å²) in [6.07, 6.45) is 0. The van der Waals surface area contributed by atoms with Gasteiger partial charge in [-0.15, -0.1) is 0 Å². The fourth-order valence-electron chi connectivity index (χ4n) is 2.28. The maximum Gasteiger partial charge on any atom is 0.162 e. The van der Waals surface area contributed by atoms with E-state index < -0.39 is 0 Å². The molecular weight excluding hydrogens is 419 g/mol. The fourth-order valence-corrected chi connectivity index (χ4v) is 4.39. The van der Waals surface area contributed by atoms with Gasteiger partial charge in [0, 0.05) is 9.50 Å². The van der Waals surface area contributed by atoms with Gasteiger partial charge in [-0.25, -0.2) is 0 Å². The molecule has 0 saturated heterocycles. The van der Waals surface area contributed by atoms with Gasteiger partial charge < -0.3 is 9.47 Å². The Morgan fingerprint density at radius 3 is 2.38 bits per heavy atom. The van der Waals surface area contributed by atoms with Gasteiger partial charge in [-0.2, -0.15) is 0 Å². The molecule has 0 aromatic heterocycles. The molecule has 2 aromatic rings. The Balaban J connectivity index is 2.03. The summed E-state index contributed by atoms with van der Waals surface area (Å²) in [4.78, 5) is -0.0178. The van der Waals surface area contributed by atoms with E-state index in [1.165, 1.54) is 0 Å². The van der Waals surface area contributed by atoms with Gasteiger partial charge in [0.15, 0.2) is 11.5 Å². The number of halogens is 3. The highest BCUT2D eigenvalue weighted by Crippen LogP contribution is 2.44. The van der Waals surface area contributed by atoms with E-state index in [1.54, 1.807) is 0 Å². The highest BCUT2D eigenvalue weighted by atomic mass is 79.9. The van der Waals surface area contributed by atoms with Crippen LogP contribution < -0.4 is 9.47 Å². The summed E-state index contributed by atoms with van der Waals surface area (Å²) in [6.45, 7) is 3.19. The minimum Gasteiger partial charge on any atom is -0.486 e. The Bertz CT molecular complexity index is 688. The first-order valence-electron chi connectivity index (χ1n) is 6.55. The van der Waals surface area contributed by atoms with Crippen molar-refractivity contribution in [3.63, 3.8) is 0 Å². The molecule has 2 nitrogen and oxygen atoms in total. The third-order valence-electron chi connectivity index (χ3n) is 3.36. The summed E-state index contributed by atoms with van der Waals surface area (Å²) in [5.41, 5.74) is 3.23. The highest BCUT2D eigenvalue weighted by molar-refractivity contribution is 9.11. The van der Waals surface area contributed by atoms with Crippen LogP contribution in [0.3, 0.4) is 0 Å². The van der Waals surface area contributed by atoms with Crippen molar-refractivity contribution < 1.29 is 9.47 Å². The second kappa shape index (κ2) is 6.19. The molecule has 3 rings (SSSR count). The van der Waals surface area contributed by atoms with Crippen LogP contribution in [0.25, 0.3) is 0 Å². The third kappa shape index (κ3) is 3.08. The summed E-state index contributed by atoms with van der Waals surface area (Å²) < 4.78 is 12.2. The largest absolute Gasteiger partial charge is 0.486 e. The van der Waals surface area contributed by atoms with Crippen LogP contribution in [-0.4, -0.2) is 13.2 Å². The van der Waals surface area contributed by atoms with E-state index in [0.717, 1.165) is 37.7 Å². The first-order chi connectivity index (χ1) is 10.1. The van der Waals surface area contributed by atoms with Crippen molar-refractivity contribution in [1.29, 1.82) is 0 Å². The van der Waals surface area contributed by atoms with Crippen LogP contribution in [0.15, 0.2) is 34.8 Å². The number of rotatable bonds is 2. The van der Waals surface area contributed by atoms with Gasteiger partial charge in [-0.3, -0.25) is 0 Å². The minimum atomic E-state index is -0.0178. The molecule has 1 atom stereocenters. The second-order valence-corrected chi connectivity index (χ2v) is 7.08. The zero-order valence-corrected chi connectivity index (χ0v) is 15.3. The van der Waals surface area contributed by atoms with E-state index >= 15 is 0 Å². The van der Waals surface area contributed by atoms with Crippen molar-refractivity contribution in [3.8, 4) is 11.5 Å². The molecule has 0 N–H and O–H groups in total. The predicted molar refractivity (Wildman–Crippen MR) is 92.1 cm³/mol. The van der Waals surface area contributed by atoms with Crippen molar-refractivity contribution in [2.24, 2.45) is 0 Å². The highest BCUT2D eigenvalue weighted by Gasteiger charge is 2.21. The summed E-state index contributed by atoms with van der Waals surface area (Å²) >= 11 is 13.7. The number of hydrogen-bond donors (Lipinski definition) is 0. The number of benzene rings is 2. The van der Waals surface area contributed by atoms with Gasteiger partial charge >= 0.3 is 0 Å². The van der Waals surface area contributed by atoms with Crippen LogP contribution in [0.4, 0.5) is 0 Å². The molecule has 5 heteroatoms. The Morgan fingerprint density at radius 1 is 1.05 bits per heavy atom. The Kier molecular flexibility index (Phi) is 4.48. The minimum absolute atomic E-state index is 0.0178. The molecule has 2 aromatic carbocycles. The van der Waals surface area contributed by atoms with Crippen LogP contribution in [0.1, 0.15) is 21.5 Å². The Hall–Kier alpha value is -0.710. The average molecular weight is 433 g/mol. The smallest absolute Gasteiger partial charge is 0.162 e. The molecule has 0 saturated carbocycles. The number of hydrogen-bond acceptors (Lipinski definition) is 2. The molecule has 1 unspecified atom stereocenters. The molecule has 110 valence electrons. The van der Waals surface area contributed by atoms with Crippen molar-refractivity contribution >= 4 is 43.5 Å². The maximum absolute atomic E-state index is 6.37. The van der Waals surface area contributed by atoms with E-state index in [4.69, 9.17) is 21.1 Å². The summed E-state index contributed by atoms with van der Waals surface area (Å²) in [7, 11) is 0. The molecular formula is C16H13Br2ClO2. The van der Waals surface area contributed by atoms with Gasteiger partial charge in [0.25, 0.3) is 0 Å². The van der Waals surface area contributed by atoms with E-state index in [9.17, 15) is 0 Å². The lowest BCUT2D eigenvalue weighted by Gasteiger charge is -2.22. The van der Waals surface area contributed by atoms with Gasteiger partial charge in [0.2, 0.25) is 0 Å². The Labute approximate surface area is 145 Å². The lowest BCUT2D eigenvalue weighted by Crippen LogP contribution is -2.15. The van der Waals surface area contributed by atoms with Crippen LogP contribution >= 0.6 is 43.5 Å². The zero-order valence-electron chi connectivity index (χ0n) is 11.3.